The Bertz CT molecular complexity index is 1460. The summed E-state index contributed by atoms with van der Waals surface area (Å²) in [6.45, 7) is 0. The number of methoxy groups -OCH3 is 2. The Morgan fingerprint density at radius 2 is 1.72 bits per heavy atom. The summed E-state index contributed by atoms with van der Waals surface area (Å²) in [5.41, 5.74) is 3.55. The first kappa shape index (κ1) is 25.2. The fourth-order valence-electron chi connectivity index (χ4n) is 3.62. The number of carbonyl (C=O) groups excluding carboxylic acids is 1. The summed E-state index contributed by atoms with van der Waals surface area (Å²) in [4.78, 5) is 17.1. The monoisotopic (exact) mass is 520 g/mol. The molecule has 1 aromatic heterocycles. The Balaban J connectivity index is 1.39. The molecule has 0 saturated heterocycles. The predicted molar refractivity (Wildman–Crippen MR) is 143 cm³/mol. The molecule has 1 amide bonds. The molecule has 4 rings (SSSR count). The highest BCUT2D eigenvalue weighted by atomic mass is 32.2. The number of carbonyl (C=O) groups is 1. The van der Waals surface area contributed by atoms with Crippen LogP contribution < -0.4 is 14.8 Å². The molecule has 0 saturated carbocycles. The SMILES string of the molecule is COc1ccc(CC2=CC(=S(=O)=O)C(C=CC(=O)Nc3nc(-c4ccc(OC)cc4)cs3)C=C2)cc1. The zero-order valence-corrected chi connectivity index (χ0v) is 21.3. The number of rotatable bonds is 8. The van der Waals surface area contributed by atoms with Gasteiger partial charge in [0.15, 0.2) is 5.13 Å². The van der Waals surface area contributed by atoms with Crippen molar-refractivity contribution in [1.29, 1.82) is 0 Å². The van der Waals surface area contributed by atoms with Crippen LogP contribution in [0.5, 0.6) is 11.5 Å². The number of anilines is 1. The van der Waals surface area contributed by atoms with E-state index in [2.05, 4.69) is 10.3 Å². The average molecular weight is 521 g/mol. The number of amides is 1. The van der Waals surface area contributed by atoms with Gasteiger partial charge in [-0.2, -0.15) is 8.42 Å². The zero-order valence-electron chi connectivity index (χ0n) is 19.7. The van der Waals surface area contributed by atoms with E-state index in [4.69, 9.17) is 9.47 Å². The summed E-state index contributed by atoms with van der Waals surface area (Å²) in [6.07, 6.45) is 8.80. The van der Waals surface area contributed by atoms with Crippen LogP contribution in [0.1, 0.15) is 5.56 Å². The minimum absolute atomic E-state index is 0.209. The van der Waals surface area contributed by atoms with E-state index < -0.39 is 16.2 Å². The number of nitrogens with one attached hydrogen (secondary N) is 1. The van der Waals surface area contributed by atoms with Crippen LogP contribution in [0.3, 0.4) is 0 Å². The molecule has 0 spiro atoms. The van der Waals surface area contributed by atoms with Gasteiger partial charge < -0.3 is 9.47 Å². The number of allylic oxidation sites excluding steroid dienone is 5. The van der Waals surface area contributed by atoms with Crippen LogP contribution in [0.4, 0.5) is 5.13 Å². The van der Waals surface area contributed by atoms with Crippen LogP contribution in [0.2, 0.25) is 0 Å². The topological polar surface area (TPSA) is 94.6 Å². The maximum absolute atomic E-state index is 12.5. The summed E-state index contributed by atoms with van der Waals surface area (Å²) < 4.78 is 34.1. The molecule has 0 aliphatic heterocycles. The van der Waals surface area contributed by atoms with E-state index in [0.29, 0.717) is 11.6 Å². The fraction of sp³-hybridized carbons (Fsp3) is 0.148. The number of hydrogen-bond donors (Lipinski definition) is 1. The van der Waals surface area contributed by atoms with Gasteiger partial charge in [0, 0.05) is 22.9 Å². The average Bonchev–Trinajstić information content (AvgIpc) is 3.36. The summed E-state index contributed by atoms with van der Waals surface area (Å²) in [5.74, 6) is 0.600. The van der Waals surface area contributed by atoms with Gasteiger partial charge in [-0.3, -0.25) is 10.1 Å². The standard InChI is InChI=1S/C27H24N2O5S2/c1-33-22-10-4-18(5-11-22)15-19-3-6-21(25(16-19)36(31)32)9-14-26(30)29-27-28-24(17-35-27)20-7-12-23(34-2)13-8-20/h3-14,16-17,21H,15H2,1-2H3,(H,28,29,30). The van der Waals surface area contributed by atoms with Crippen LogP contribution in [-0.2, 0) is 21.5 Å². The lowest BCUT2D eigenvalue weighted by molar-refractivity contribution is -0.111. The Morgan fingerprint density at radius 3 is 2.36 bits per heavy atom. The second-order valence-electron chi connectivity index (χ2n) is 7.88. The number of ether oxygens (including phenoxy) is 2. The van der Waals surface area contributed by atoms with Crippen LogP contribution in [-0.4, -0.2) is 38.4 Å². The molecule has 1 N–H and O–H groups in total. The Kier molecular flexibility index (Phi) is 8.14. The molecule has 1 aliphatic rings. The smallest absolute Gasteiger partial charge is 0.249 e. The minimum Gasteiger partial charge on any atom is -0.497 e. The Hall–Kier alpha value is -3.95. The van der Waals surface area contributed by atoms with Crippen molar-refractivity contribution in [2.75, 3.05) is 19.5 Å². The van der Waals surface area contributed by atoms with Crippen molar-refractivity contribution in [2.45, 2.75) is 6.42 Å². The molecule has 0 radical (unpaired) electrons. The molecule has 1 unspecified atom stereocenters. The van der Waals surface area contributed by atoms with Crippen LogP contribution in [0, 0.1) is 5.92 Å². The van der Waals surface area contributed by atoms with Crippen molar-refractivity contribution in [3.05, 3.63) is 95.4 Å². The molecule has 2 aromatic carbocycles. The zero-order chi connectivity index (χ0) is 25.5. The van der Waals surface area contributed by atoms with Gasteiger partial charge in [-0.05, 0) is 60.0 Å². The van der Waals surface area contributed by atoms with Crippen molar-refractivity contribution >= 4 is 37.5 Å². The molecule has 184 valence electrons. The van der Waals surface area contributed by atoms with Crippen LogP contribution in [0.15, 0.2) is 89.9 Å². The maximum Gasteiger partial charge on any atom is 0.249 e. The Morgan fingerprint density at radius 1 is 1.06 bits per heavy atom. The van der Waals surface area contributed by atoms with Gasteiger partial charge in [0.2, 0.25) is 16.2 Å². The highest BCUT2D eigenvalue weighted by Crippen LogP contribution is 2.26. The third kappa shape index (κ3) is 6.38. The normalized spacial score (nSPS) is 15.0. The van der Waals surface area contributed by atoms with Crippen molar-refractivity contribution in [2.24, 2.45) is 5.92 Å². The second-order valence-corrected chi connectivity index (χ2v) is 9.68. The van der Waals surface area contributed by atoms with Crippen molar-refractivity contribution in [1.82, 2.24) is 4.98 Å². The van der Waals surface area contributed by atoms with Gasteiger partial charge in [-0.1, -0.05) is 30.4 Å². The van der Waals surface area contributed by atoms with Gasteiger partial charge >= 0.3 is 0 Å². The minimum atomic E-state index is -2.42. The summed E-state index contributed by atoms with van der Waals surface area (Å²) in [7, 11) is 0.792. The molecule has 3 aromatic rings. The van der Waals surface area contributed by atoms with E-state index in [1.54, 1.807) is 32.4 Å². The van der Waals surface area contributed by atoms with Gasteiger partial charge in [0.25, 0.3) is 0 Å². The third-order valence-electron chi connectivity index (χ3n) is 5.51. The predicted octanol–water partition coefficient (Wildman–Crippen LogP) is 4.73. The maximum atomic E-state index is 12.5. The lowest BCUT2D eigenvalue weighted by Gasteiger charge is -2.14. The molecule has 0 fully saturated rings. The lowest BCUT2D eigenvalue weighted by atomic mass is 9.93. The third-order valence-corrected chi connectivity index (χ3v) is 7.04. The second kappa shape index (κ2) is 11.7. The van der Waals surface area contributed by atoms with Gasteiger partial charge in [-0.15, -0.1) is 11.3 Å². The molecule has 1 aliphatic carbocycles. The van der Waals surface area contributed by atoms with E-state index >= 15 is 0 Å². The van der Waals surface area contributed by atoms with E-state index in [1.807, 2.05) is 60.0 Å². The first-order valence-corrected chi connectivity index (χ1v) is 13.0. The van der Waals surface area contributed by atoms with Gasteiger partial charge in [0.1, 0.15) is 11.5 Å². The Labute approximate surface area is 215 Å². The molecule has 0 bridgehead atoms. The van der Waals surface area contributed by atoms with Gasteiger partial charge in [-0.25, -0.2) is 4.98 Å². The summed E-state index contributed by atoms with van der Waals surface area (Å²) in [5, 5.41) is 5.04. The van der Waals surface area contributed by atoms with Crippen molar-refractivity contribution in [3.8, 4) is 22.8 Å². The fourth-order valence-corrected chi connectivity index (χ4v) is 4.97. The van der Waals surface area contributed by atoms with Gasteiger partial charge in [0.05, 0.1) is 24.8 Å². The summed E-state index contributed by atoms with van der Waals surface area (Å²) in [6, 6.07) is 15.1. The first-order valence-electron chi connectivity index (χ1n) is 11.0. The van der Waals surface area contributed by atoms with E-state index in [-0.39, 0.29) is 10.8 Å². The highest BCUT2D eigenvalue weighted by molar-refractivity contribution is 7.73. The molecular formula is C27H24N2O5S2. The van der Waals surface area contributed by atoms with E-state index in [1.165, 1.54) is 17.4 Å². The number of thiazole rings is 1. The number of nitrogens with zero attached hydrogens (tertiary/aromatic N) is 1. The molecule has 7 nitrogen and oxygen atoms in total. The molecule has 1 heterocycles. The highest BCUT2D eigenvalue weighted by Gasteiger charge is 2.16. The summed E-state index contributed by atoms with van der Waals surface area (Å²) >= 11 is 1.31. The molecule has 36 heavy (non-hydrogen) atoms. The first-order chi connectivity index (χ1) is 17.4. The van der Waals surface area contributed by atoms with Crippen molar-refractivity contribution < 1.29 is 22.7 Å². The molecule has 1 atom stereocenters. The molecule has 9 heteroatoms. The van der Waals surface area contributed by atoms with Crippen LogP contribution in [0.25, 0.3) is 11.3 Å². The molecular weight excluding hydrogens is 496 g/mol. The quantitative estimate of drug-likeness (QED) is 0.341. The van der Waals surface area contributed by atoms with Crippen molar-refractivity contribution in [3.63, 3.8) is 0 Å². The van der Waals surface area contributed by atoms with Crippen LogP contribution >= 0.6 is 11.3 Å². The lowest BCUT2D eigenvalue weighted by Crippen LogP contribution is -2.15. The number of benzene rings is 2. The largest absolute Gasteiger partial charge is 0.497 e. The number of aromatic nitrogens is 1. The number of hydrogen-bond acceptors (Lipinski definition) is 7. The van der Waals surface area contributed by atoms with E-state index in [9.17, 15) is 13.2 Å². The van der Waals surface area contributed by atoms with E-state index in [0.717, 1.165) is 33.9 Å².